The number of aryl methyl sites for hydroxylation is 2. The van der Waals surface area contributed by atoms with Gasteiger partial charge in [-0.3, -0.25) is 0 Å². The number of carboxylic acids is 1. The van der Waals surface area contributed by atoms with Gasteiger partial charge < -0.3 is 24.2 Å². The molecule has 0 aliphatic carbocycles. The number of anilines is 1. The van der Waals surface area contributed by atoms with Crippen LogP contribution >= 0.6 is 11.6 Å². The highest BCUT2D eigenvalue weighted by atomic mass is 35.5. The van der Waals surface area contributed by atoms with E-state index in [1.165, 1.54) is 0 Å². The first-order valence-electron chi connectivity index (χ1n) is 17.0. The highest BCUT2D eigenvalue weighted by molar-refractivity contribution is 6.33. The van der Waals surface area contributed by atoms with Crippen molar-refractivity contribution in [2.24, 2.45) is 0 Å². The quantitative estimate of drug-likeness (QED) is 0.231. The number of aromatic nitrogens is 3. The van der Waals surface area contributed by atoms with Crippen molar-refractivity contribution in [3.8, 4) is 28.1 Å². The Morgan fingerprint density at radius 2 is 1.88 bits per heavy atom. The maximum atomic E-state index is 12.8. The van der Waals surface area contributed by atoms with Crippen LogP contribution in [0.25, 0.3) is 28.0 Å². The van der Waals surface area contributed by atoms with Gasteiger partial charge in [0.2, 0.25) is 0 Å². The Kier molecular flexibility index (Phi) is 9.50. The van der Waals surface area contributed by atoms with Crippen molar-refractivity contribution in [2.75, 3.05) is 24.6 Å². The third-order valence-electron chi connectivity index (χ3n) is 9.44. The molecule has 0 radical (unpaired) electrons. The zero-order valence-electron chi connectivity index (χ0n) is 29.1. The van der Waals surface area contributed by atoms with E-state index in [2.05, 4.69) is 37.8 Å². The predicted molar refractivity (Wildman–Crippen MR) is 189 cm³/mol. The first kappa shape index (κ1) is 34.2. The molecule has 5 heterocycles. The van der Waals surface area contributed by atoms with Crippen molar-refractivity contribution in [3.63, 3.8) is 0 Å². The normalized spacial score (nSPS) is 21.2. The number of hydrogen-bond acceptors (Lipinski definition) is 7. The fraction of sp³-hybridized carbons (Fsp3) is 0.500. The number of fused-ring (bicyclic) bond motifs is 8. The number of carbonyl (C=O) groups is 1. The summed E-state index contributed by atoms with van der Waals surface area (Å²) in [5.74, 6) is 0.376. The third kappa shape index (κ3) is 7.05. The molecule has 0 unspecified atom stereocenters. The molecule has 0 saturated carbocycles. The van der Waals surface area contributed by atoms with Gasteiger partial charge in [0.05, 0.1) is 33.6 Å². The number of carboxylic acid groups (broad SMARTS) is 1. The average molecular weight is 675 g/mol. The number of ether oxygens (including phenoxy) is 3. The van der Waals surface area contributed by atoms with Crippen LogP contribution in [0, 0.1) is 13.8 Å². The molecule has 9 nitrogen and oxygen atoms in total. The molecular formula is C38H47ClN4O5. The van der Waals surface area contributed by atoms with E-state index in [1.807, 2.05) is 58.0 Å². The minimum atomic E-state index is -1.23. The van der Waals surface area contributed by atoms with Gasteiger partial charge in [0.25, 0.3) is 0 Å². The van der Waals surface area contributed by atoms with E-state index in [1.54, 1.807) is 4.52 Å². The Labute approximate surface area is 288 Å². The summed E-state index contributed by atoms with van der Waals surface area (Å²) < 4.78 is 21.1. The summed E-state index contributed by atoms with van der Waals surface area (Å²) in [6.45, 7) is 15.8. The van der Waals surface area contributed by atoms with Crippen molar-refractivity contribution in [3.05, 3.63) is 64.3 Å². The second-order valence-electron chi connectivity index (χ2n) is 14.5. The molecule has 4 aromatic rings. The molecule has 1 saturated heterocycles. The van der Waals surface area contributed by atoms with Crippen LogP contribution in [0.1, 0.15) is 89.6 Å². The van der Waals surface area contributed by atoms with Gasteiger partial charge in [-0.25, -0.2) is 9.78 Å². The van der Waals surface area contributed by atoms with Crippen molar-refractivity contribution < 1.29 is 24.1 Å². The van der Waals surface area contributed by atoms with Gasteiger partial charge in [0, 0.05) is 42.6 Å². The Bertz CT molecular complexity index is 1820. The molecule has 7 rings (SSSR count). The lowest BCUT2D eigenvalue weighted by Crippen LogP contribution is -2.46. The van der Waals surface area contributed by atoms with Crippen LogP contribution in [0.2, 0.25) is 5.02 Å². The molecule has 10 heteroatoms. The number of halogens is 1. The summed E-state index contributed by atoms with van der Waals surface area (Å²) in [4.78, 5) is 20.0. The number of nitrogens with zero attached hydrogens (tertiary/aromatic N) is 4. The molecule has 2 atom stereocenters. The van der Waals surface area contributed by atoms with Crippen LogP contribution in [0.4, 0.5) is 5.82 Å². The highest BCUT2D eigenvalue weighted by Crippen LogP contribution is 2.42. The lowest BCUT2D eigenvalue weighted by Gasteiger charge is -2.41. The topological polar surface area (TPSA) is 98.4 Å². The predicted octanol–water partition coefficient (Wildman–Crippen LogP) is 8.60. The van der Waals surface area contributed by atoms with Crippen LogP contribution in [0.15, 0.2) is 42.5 Å². The van der Waals surface area contributed by atoms with Crippen molar-refractivity contribution in [1.29, 1.82) is 0 Å². The number of rotatable bonds is 3. The molecule has 0 spiro atoms. The third-order valence-corrected chi connectivity index (χ3v) is 9.76. The van der Waals surface area contributed by atoms with Crippen LogP contribution in [0.3, 0.4) is 0 Å². The van der Waals surface area contributed by atoms with Gasteiger partial charge >= 0.3 is 5.97 Å². The Hall–Kier alpha value is -3.66. The SMILES string of the molecule is Cc1ccc2cc1-c1c(Cl)cccc1O[C@@H](C)CCCCOC1(C)CCN(CC1)c1c([C@H](OC(C)(C)C)C(=O)O)c(C)nc3cc-2nn13. The molecule has 2 aromatic heterocycles. The molecule has 6 bridgehead atoms. The lowest BCUT2D eigenvalue weighted by atomic mass is 9.92. The number of benzene rings is 2. The molecule has 48 heavy (non-hydrogen) atoms. The van der Waals surface area contributed by atoms with E-state index in [4.69, 9.17) is 35.9 Å². The highest BCUT2D eigenvalue weighted by Gasteiger charge is 2.38. The summed E-state index contributed by atoms with van der Waals surface area (Å²) in [6.07, 6.45) is 3.18. The van der Waals surface area contributed by atoms with E-state index in [9.17, 15) is 9.90 Å². The van der Waals surface area contributed by atoms with Crippen LogP contribution < -0.4 is 9.64 Å². The zero-order valence-corrected chi connectivity index (χ0v) is 29.9. The summed E-state index contributed by atoms with van der Waals surface area (Å²) in [6, 6.07) is 14.0. The summed E-state index contributed by atoms with van der Waals surface area (Å²) >= 11 is 6.88. The number of piperidine rings is 1. The monoisotopic (exact) mass is 674 g/mol. The molecule has 256 valence electrons. The van der Waals surface area contributed by atoms with Crippen LogP contribution in [-0.4, -0.2) is 62.7 Å². The van der Waals surface area contributed by atoms with E-state index in [0.29, 0.717) is 53.1 Å². The second kappa shape index (κ2) is 13.3. The van der Waals surface area contributed by atoms with Gasteiger partial charge in [0.1, 0.15) is 11.6 Å². The van der Waals surface area contributed by atoms with Crippen molar-refractivity contribution in [2.45, 2.75) is 104 Å². The second-order valence-corrected chi connectivity index (χ2v) is 14.9. The van der Waals surface area contributed by atoms with Gasteiger partial charge in [0.15, 0.2) is 11.8 Å². The van der Waals surface area contributed by atoms with E-state index in [-0.39, 0.29) is 11.7 Å². The standard InChI is InChI=1S/C38H47ClN4O5/c1-23-14-15-26-21-27(23)33-28(39)12-10-13-30(33)47-24(2)11-8-9-20-46-38(7)16-18-42(19-17-38)35-32(34(36(44)45)48-37(4,5)6)25(3)40-31-22-29(26)41-43(31)35/h10,12-15,21-22,24,34H,8-9,11,16-20H2,1-7H3,(H,44,45)/t24-,34-/m0/s1. The maximum Gasteiger partial charge on any atom is 0.337 e. The van der Waals surface area contributed by atoms with E-state index < -0.39 is 17.7 Å². The van der Waals surface area contributed by atoms with Crippen molar-refractivity contribution in [1.82, 2.24) is 14.6 Å². The molecule has 0 amide bonds. The van der Waals surface area contributed by atoms with E-state index >= 15 is 0 Å². The number of hydrogen-bond donors (Lipinski definition) is 1. The Morgan fingerprint density at radius 1 is 1.12 bits per heavy atom. The van der Waals surface area contributed by atoms with Gasteiger partial charge in [-0.2, -0.15) is 9.61 Å². The minimum Gasteiger partial charge on any atom is -0.490 e. The maximum absolute atomic E-state index is 12.8. The smallest absolute Gasteiger partial charge is 0.337 e. The van der Waals surface area contributed by atoms with Gasteiger partial charge in [-0.15, -0.1) is 0 Å². The Balaban J connectivity index is 1.56. The number of aliphatic carboxylic acids is 1. The van der Waals surface area contributed by atoms with Crippen LogP contribution in [0.5, 0.6) is 5.75 Å². The zero-order chi connectivity index (χ0) is 34.4. The molecule has 2 aromatic carbocycles. The largest absolute Gasteiger partial charge is 0.490 e. The fourth-order valence-corrected chi connectivity index (χ4v) is 7.10. The molecule has 3 aliphatic rings. The molecule has 1 N–H and O–H groups in total. The first-order valence-corrected chi connectivity index (χ1v) is 17.4. The molecule has 1 fully saturated rings. The summed E-state index contributed by atoms with van der Waals surface area (Å²) in [5.41, 5.74) is 5.24. The van der Waals surface area contributed by atoms with Crippen molar-refractivity contribution >= 4 is 29.0 Å². The van der Waals surface area contributed by atoms with Gasteiger partial charge in [-0.1, -0.05) is 29.8 Å². The van der Waals surface area contributed by atoms with Crippen LogP contribution in [-0.2, 0) is 14.3 Å². The first-order chi connectivity index (χ1) is 22.7. The lowest BCUT2D eigenvalue weighted by molar-refractivity contribution is -0.160. The van der Waals surface area contributed by atoms with Gasteiger partial charge in [-0.05, 0) is 110 Å². The summed E-state index contributed by atoms with van der Waals surface area (Å²) in [7, 11) is 0. The summed E-state index contributed by atoms with van der Waals surface area (Å²) in [5, 5.41) is 16.2. The average Bonchev–Trinajstić information content (AvgIpc) is 3.43. The minimum absolute atomic E-state index is 0.00684. The molecular weight excluding hydrogens is 628 g/mol. The fourth-order valence-electron chi connectivity index (χ4n) is 6.83. The van der Waals surface area contributed by atoms with E-state index in [0.717, 1.165) is 60.1 Å². The molecule has 3 aliphatic heterocycles. The Morgan fingerprint density at radius 3 is 2.58 bits per heavy atom.